The van der Waals surface area contributed by atoms with Crippen LogP contribution in [0.1, 0.15) is 49.3 Å². The number of likely N-dealkylation sites (tertiary alicyclic amines) is 1. The van der Waals surface area contributed by atoms with Crippen LogP contribution in [0.3, 0.4) is 0 Å². The van der Waals surface area contributed by atoms with Crippen molar-refractivity contribution >= 4 is 11.9 Å². The molecule has 0 aromatic carbocycles. The molecule has 0 bridgehead atoms. The molecule has 110 valence electrons. The number of rotatable bonds is 4. The molecule has 0 spiro atoms. The molecule has 0 saturated carbocycles. The fourth-order valence-corrected chi connectivity index (χ4v) is 2.63. The predicted molar refractivity (Wildman–Crippen MR) is 73.6 cm³/mol. The van der Waals surface area contributed by atoms with Crippen LogP contribution in [0.15, 0.2) is 6.07 Å². The van der Waals surface area contributed by atoms with Crippen molar-refractivity contribution in [1.82, 2.24) is 14.7 Å². The van der Waals surface area contributed by atoms with Gasteiger partial charge in [-0.2, -0.15) is 5.10 Å². The van der Waals surface area contributed by atoms with E-state index in [1.165, 1.54) is 4.90 Å². The first-order valence-corrected chi connectivity index (χ1v) is 7.19. The third-order valence-electron chi connectivity index (χ3n) is 3.76. The molecule has 0 aliphatic carbocycles. The molecular weight excluding hydrogens is 258 g/mol. The van der Waals surface area contributed by atoms with Crippen LogP contribution >= 0.6 is 0 Å². The highest BCUT2D eigenvalue weighted by Gasteiger charge is 2.33. The molecule has 1 atom stereocenters. The Labute approximate surface area is 118 Å². The van der Waals surface area contributed by atoms with Crippen LogP contribution in [-0.2, 0) is 17.8 Å². The van der Waals surface area contributed by atoms with Crippen molar-refractivity contribution in [1.29, 1.82) is 0 Å². The maximum atomic E-state index is 12.6. The van der Waals surface area contributed by atoms with Crippen LogP contribution in [0.25, 0.3) is 0 Å². The molecule has 1 aromatic heterocycles. The molecule has 1 fully saturated rings. The van der Waals surface area contributed by atoms with Gasteiger partial charge in [0.2, 0.25) is 0 Å². The Bertz CT molecular complexity index is 510. The lowest BCUT2D eigenvalue weighted by Crippen LogP contribution is -2.48. The highest BCUT2D eigenvalue weighted by Crippen LogP contribution is 2.20. The van der Waals surface area contributed by atoms with Crippen LogP contribution in [0, 0.1) is 0 Å². The molecule has 6 heteroatoms. The van der Waals surface area contributed by atoms with E-state index < -0.39 is 12.0 Å². The molecule has 1 saturated heterocycles. The van der Waals surface area contributed by atoms with E-state index in [0.717, 1.165) is 25.0 Å². The Morgan fingerprint density at radius 2 is 2.15 bits per heavy atom. The summed E-state index contributed by atoms with van der Waals surface area (Å²) in [5, 5.41) is 13.6. The zero-order valence-corrected chi connectivity index (χ0v) is 12.0. The zero-order chi connectivity index (χ0) is 14.7. The van der Waals surface area contributed by atoms with Crippen molar-refractivity contribution in [3.8, 4) is 0 Å². The molecule has 1 N–H and O–H groups in total. The lowest BCUT2D eigenvalue weighted by molar-refractivity contribution is -0.143. The van der Waals surface area contributed by atoms with Gasteiger partial charge in [0, 0.05) is 13.1 Å². The minimum Gasteiger partial charge on any atom is -0.480 e. The average molecular weight is 279 g/mol. The molecule has 1 aromatic rings. The summed E-state index contributed by atoms with van der Waals surface area (Å²) in [5.74, 6) is -1.14. The first kappa shape index (κ1) is 14.6. The number of aryl methyl sites for hydroxylation is 2. The molecule has 1 aliphatic rings. The molecule has 0 unspecified atom stereocenters. The minimum atomic E-state index is -0.920. The van der Waals surface area contributed by atoms with Crippen molar-refractivity contribution in [2.75, 3.05) is 6.54 Å². The first-order chi connectivity index (χ1) is 9.58. The quantitative estimate of drug-likeness (QED) is 0.907. The summed E-state index contributed by atoms with van der Waals surface area (Å²) in [6.45, 7) is 5.02. The molecule has 1 aliphatic heterocycles. The van der Waals surface area contributed by atoms with Crippen molar-refractivity contribution in [3.05, 3.63) is 17.5 Å². The summed E-state index contributed by atoms with van der Waals surface area (Å²) < 4.78 is 1.66. The smallest absolute Gasteiger partial charge is 0.326 e. The van der Waals surface area contributed by atoms with E-state index >= 15 is 0 Å². The number of carbonyl (C=O) groups excluding carboxylic acids is 1. The van der Waals surface area contributed by atoms with Gasteiger partial charge in [0.15, 0.2) is 0 Å². The number of hydrogen-bond acceptors (Lipinski definition) is 3. The summed E-state index contributed by atoms with van der Waals surface area (Å²) in [5.41, 5.74) is 1.36. The summed E-state index contributed by atoms with van der Waals surface area (Å²) in [7, 11) is 0. The van der Waals surface area contributed by atoms with Gasteiger partial charge >= 0.3 is 5.97 Å². The van der Waals surface area contributed by atoms with Crippen LogP contribution in [0.2, 0.25) is 0 Å². The van der Waals surface area contributed by atoms with Crippen molar-refractivity contribution in [3.63, 3.8) is 0 Å². The molecule has 20 heavy (non-hydrogen) atoms. The summed E-state index contributed by atoms with van der Waals surface area (Å²) in [6, 6.07) is 1.07. The number of piperidine rings is 1. The molecule has 2 rings (SSSR count). The van der Waals surface area contributed by atoms with Gasteiger partial charge in [0.05, 0.1) is 5.69 Å². The second kappa shape index (κ2) is 6.07. The lowest BCUT2D eigenvalue weighted by atomic mass is 10.0. The van der Waals surface area contributed by atoms with Crippen LogP contribution < -0.4 is 0 Å². The Kier molecular flexibility index (Phi) is 4.42. The number of nitrogens with zero attached hydrogens (tertiary/aromatic N) is 3. The average Bonchev–Trinajstić information content (AvgIpc) is 2.89. The van der Waals surface area contributed by atoms with Gasteiger partial charge in [-0.05, 0) is 38.7 Å². The number of amides is 1. The van der Waals surface area contributed by atoms with E-state index in [4.69, 9.17) is 0 Å². The topological polar surface area (TPSA) is 75.4 Å². The minimum absolute atomic E-state index is 0.217. The van der Waals surface area contributed by atoms with Gasteiger partial charge in [0.1, 0.15) is 11.7 Å². The van der Waals surface area contributed by atoms with Crippen LogP contribution in [0.4, 0.5) is 0 Å². The molecule has 2 heterocycles. The Balaban J connectivity index is 2.29. The number of carboxylic acid groups (broad SMARTS) is 1. The van der Waals surface area contributed by atoms with Crippen molar-refractivity contribution < 1.29 is 14.7 Å². The molecule has 0 radical (unpaired) electrons. The van der Waals surface area contributed by atoms with E-state index in [0.29, 0.717) is 25.2 Å². The van der Waals surface area contributed by atoms with Gasteiger partial charge in [-0.25, -0.2) is 4.79 Å². The van der Waals surface area contributed by atoms with Gasteiger partial charge in [-0.15, -0.1) is 0 Å². The Morgan fingerprint density at radius 3 is 2.75 bits per heavy atom. The maximum Gasteiger partial charge on any atom is 0.326 e. The van der Waals surface area contributed by atoms with Gasteiger partial charge in [-0.3, -0.25) is 9.48 Å². The highest BCUT2D eigenvalue weighted by molar-refractivity contribution is 5.95. The second-order valence-electron chi connectivity index (χ2n) is 5.04. The standard InChI is InChI=1S/C14H21N3O3/c1-3-10-9-12(17(4-2)15-10)13(18)16-8-6-5-7-11(16)14(19)20/h9,11H,3-8H2,1-2H3,(H,19,20)/t11-/m0/s1. The van der Waals surface area contributed by atoms with Crippen molar-refractivity contribution in [2.45, 2.75) is 52.1 Å². The van der Waals surface area contributed by atoms with E-state index in [2.05, 4.69) is 5.10 Å². The third kappa shape index (κ3) is 2.69. The highest BCUT2D eigenvalue weighted by atomic mass is 16.4. The van der Waals surface area contributed by atoms with E-state index in [-0.39, 0.29) is 5.91 Å². The monoisotopic (exact) mass is 279 g/mol. The van der Waals surface area contributed by atoms with Crippen LogP contribution in [-0.4, -0.2) is 44.3 Å². The number of carboxylic acids is 1. The SMILES string of the molecule is CCc1cc(C(=O)N2CCCC[C@H]2C(=O)O)n(CC)n1. The molecule has 1 amide bonds. The second-order valence-corrected chi connectivity index (χ2v) is 5.04. The Hall–Kier alpha value is -1.85. The predicted octanol–water partition coefficient (Wildman–Crippen LogP) is 1.54. The van der Waals surface area contributed by atoms with Gasteiger partial charge < -0.3 is 10.0 Å². The Morgan fingerprint density at radius 1 is 1.40 bits per heavy atom. The molecule has 6 nitrogen and oxygen atoms in total. The number of hydrogen-bond donors (Lipinski definition) is 1. The summed E-state index contributed by atoms with van der Waals surface area (Å²) >= 11 is 0. The first-order valence-electron chi connectivity index (χ1n) is 7.19. The van der Waals surface area contributed by atoms with E-state index in [9.17, 15) is 14.7 Å². The van der Waals surface area contributed by atoms with E-state index in [1.54, 1.807) is 10.7 Å². The summed E-state index contributed by atoms with van der Waals surface area (Å²) in [6.07, 6.45) is 3.00. The molecular formula is C14H21N3O3. The van der Waals surface area contributed by atoms with Gasteiger partial charge in [0.25, 0.3) is 5.91 Å². The van der Waals surface area contributed by atoms with E-state index in [1.807, 2.05) is 13.8 Å². The fraction of sp³-hybridized carbons (Fsp3) is 0.643. The largest absolute Gasteiger partial charge is 0.480 e. The fourth-order valence-electron chi connectivity index (χ4n) is 2.63. The lowest BCUT2D eigenvalue weighted by Gasteiger charge is -2.32. The van der Waals surface area contributed by atoms with Crippen molar-refractivity contribution in [2.24, 2.45) is 0 Å². The van der Waals surface area contributed by atoms with Crippen LogP contribution in [0.5, 0.6) is 0 Å². The number of carbonyl (C=O) groups is 2. The van der Waals surface area contributed by atoms with Gasteiger partial charge in [-0.1, -0.05) is 6.92 Å². The zero-order valence-electron chi connectivity index (χ0n) is 12.0. The maximum absolute atomic E-state index is 12.6. The summed E-state index contributed by atoms with van der Waals surface area (Å²) in [4.78, 5) is 25.4. The number of aromatic nitrogens is 2. The normalized spacial score (nSPS) is 19.1. The number of aliphatic carboxylic acids is 1. The third-order valence-corrected chi connectivity index (χ3v) is 3.76.